The van der Waals surface area contributed by atoms with Crippen molar-refractivity contribution < 1.29 is 4.42 Å². The van der Waals surface area contributed by atoms with Crippen molar-refractivity contribution in [2.45, 2.75) is 13.3 Å². The second-order valence-corrected chi connectivity index (χ2v) is 3.76. The molecule has 0 amide bonds. The predicted molar refractivity (Wildman–Crippen MR) is 56.8 cm³/mol. The molecule has 0 radical (unpaired) electrons. The van der Waals surface area contributed by atoms with Gasteiger partial charge in [0.25, 0.3) is 0 Å². The summed E-state index contributed by atoms with van der Waals surface area (Å²) < 4.78 is 6.25. The van der Waals surface area contributed by atoms with Gasteiger partial charge < -0.3 is 4.42 Å². The predicted octanol–water partition coefficient (Wildman–Crippen LogP) is 3.06. The van der Waals surface area contributed by atoms with Gasteiger partial charge in [0.1, 0.15) is 5.69 Å². The minimum Gasteiger partial charge on any atom is -0.442 e. The number of halogens is 1. The Morgan fingerprint density at radius 2 is 2.21 bits per heavy atom. The molecular formula is C10H9BrN2O. The summed E-state index contributed by atoms with van der Waals surface area (Å²) in [5, 5.41) is 0. The summed E-state index contributed by atoms with van der Waals surface area (Å²) in [6.07, 6.45) is 4.05. The molecule has 0 unspecified atom stereocenters. The maximum atomic E-state index is 5.29. The average Bonchev–Trinajstić information content (AvgIpc) is 2.67. The highest BCUT2D eigenvalue weighted by molar-refractivity contribution is 9.10. The van der Waals surface area contributed by atoms with Crippen LogP contribution in [0.1, 0.15) is 12.6 Å². The van der Waals surface area contributed by atoms with Crippen molar-refractivity contribution in [1.82, 2.24) is 9.97 Å². The molecule has 4 heteroatoms. The lowest BCUT2D eigenvalue weighted by Gasteiger charge is -1.97. The van der Waals surface area contributed by atoms with Gasteiger partial charge in [-0.05, 0) is 34.5 Å². The molecule has 0 fully saturated rings. The van der Waals surface area contributed by atoms with Crippen LogP contribution in [0.2, 0.25) is 0 Å². The molecular weight excluding hydrogens is 244 g/mol. The summed E-state index contributed by atoms with van der Waals surface area (Å²) in [5.41, 5.74) is 1.77. The number of hydrogen-bond donors (Lipinski definition) is 0. The van der Waals surface area contributed by atoms with Crippen molar-refractivity contribution in [2.24, 2.45) is 0 Å². The number of rotatable bonds is 2. The second-order valence-electron chi connectivity index (χ2n) is 2.84. The SMILES string of the molecule is CCc1ncoc1-c1ccc(Br)cn1. The van der Waals surface area contributed by atoms with E-state index in [1.807, 2.05) is 19.1 Å². The molecule has 0 bridgehead atoms. The highest BCUT2D eigenvalue weighted by Gasteiger charge is 2.09. The summed E-state index contributed by atoms with van der Waals surface area (Å²) in [6.45, 7) is 2.04. The lowest BCUT2D eigenvalue weighted by Crippen LogP contribution is -1.86. The maximum absolute atomic E-state index is 5.29. The lowest BCUT2D eigenvalue weighted by molar-refractivity contribution is 0.569. The van der Waals surface area contributed by atoms with E-state index < -0.39 is 0 Å². The highest BCUT2D eigenvalue weighted by atomic mass is 79.9. The molecule has 72 valence electrons. The highest BCUT2D eigenvalue weighted by Crippen LogP contribution is 2.22. The van der Waals surface area contributed by atoms with Crippen molar-refractivity contribution in [3.8, 4) is 11.5 Å². The number of pyridine rings is 1. The smallest absolute Gasteiger partial charge is 0.181 e. The van der Waals surface area contributed by atoms with Gasteiger partial charge in [0.05, 0.1) is 5.69 Å². The molecule has 0 spiro atoms. The molecule has 14 heavy (non-hydrogen) atoms. The number of aryl methyl sites for hydroxylation is 1. The summed E-state index contributed by atoms with van der Waals surface area (Å²) in [6, 6.07) is 3.84. The third-order valence-corrected chi connectivity index (χ3v) is 2.41. The summed E-state index contributed by atoms with van der Waals surface area (Å²) >= 11 is 3.34. The van der Waals surface area contributed by atoms with E-state index in [4.69, 9.17) is 4.42 Å². The van der Waals surface area contributed by atoms with E-state index >= 15 is 0 Å². The molecule has 0 aromatic carbocycles. The van der Waals surface area contributed by atoms with E-state index in [0.717, 1.165) is 28.0 Å². The first-order valence-corrected chi connectivity index (χ1v) is 5.15. The molecule has 0 saturated carbocycles. The standard InChI is InChI=1S/C10H9BrN2O/c1-2-8-10(14-6-13-8)9-4-3-7(11)5-12-9/h3-6H,2H2,1H3. The minimum atomic E-state index is 0.764. The molecule has 0 aliphatic rings. The van der Waals surface area contributed by atoms with Crippen LogP contribution in [-0.2, 0) is 6.42 Å². The van der Waals surface area contributed by atoms with Gasteiger partial charge in [0.15, 0.2) is 12.2 Å². The molecule has 0 N–H and O–H groups in total. The molecule has 3 nitrogen and oxygen atoms in total. The number of oxazole rings is 1. The van der Waals surface area contributed by atoms with E-state index in [1.54, 1.807) is 6.20 Å². The Hall–Kier alpha value is -1.16. The lowest BCUT2D eigenvalue weighted by atomic mass is 10.2. The molecule has 2 heterocycles. The monoisotopic (exact) mass is 252 g/mol. The second kappa shape index (κ2) is 3.92. The van der Waals surface area contributed by atoms with E-state index in [1.165, 1.54) is 6.39 Å². The fraction of sp³-hybridized carbons (Fsp3) is 0.200. The van der Waals surface area contributed by atoms with Crippen LogP contribution in [-0.4, -0.2) is 9.97 Å². The Kier molecular flexibility index (Phi) is 2.63. The Bertz CT molecular complexity index is 422. The molecule has 2 rings (SSSR count). The molecule has 2 aromatic rings. The van der Waals surface area contributed by atoms with Gasteiger partial charge in [-0.15, -0.1) is 0 Å². The van der Waals surface area contributed by atoms with Crippen molar-refractivity contribution in [3.63, 3.8) is 0 Å². The van der Waals surface area contributed by atoms with Gasteiger partial charge in [-0.1, -0.05) is 6.92 Å². The molecule has 0 aliphatic heterocycles. The van der Waals surface area contributed by atoms with Gasteiger partial charge in [0.2, 0.25) is 0 Å². The first-order chi connectivity index (χ1) is 6.81. The molecule has 0 aliphatic carbocycles. The fourth-order valence-corrected chi connectivity index (χ4v) is 1.47. The third-order valence-electron chi connectivity index (χ3n) is 1.94. The zero-order valence-electron chi connectivity index (χ0n) is 7.70. The van der Waals surface area contributed by atoms with Crippen molar-refractivity contribution >= 4 is 15.9 Å². The van der Waals surface area contributed by atoms with Crippen LogP contribution in [0.4, 0.5) is 0 Å². The quantitative estimate of drug-likeness (QED) is 0.825. The molecule has 0 atom stereocenters. The minimum absolute atomic E-state index is 0.764. The van der Waals surface area contributed by atoms with Crippen LogP contribution in [0.5, 0.6) is 0 Å². The average molecular weight is 253 g/mol. The topological polar surface area (TPSA) is 38.9 Å². The van der Waals surface area contributed by atoms with Crippen LogP contribution < -0.4 is 0 Å². The number of nitrogens with zero attached hydrogens (tertiary/aromatic N) is 2. The molecule has 2 aromatic heterocycles. The van der Waals surface area contributed by atoms with E-state index in [-0.39, 0.29) is 0 Å². The van der Waals surface area contributed by atoms with E-state index in [9.17, 15) is 0 Å². The largest absolute Gasteiger partial charge is 0.442 e. The van der Waals surface area contributed by atoms with Gasteiger partial charge in [-0.2, -0.15) is 0 Å². The summed E-state index contributed by atoms with van der Waals surface area (Å²) in [7, 11) is 0. The van der Waals surface area contributed by atoms with Gasteiger partial charge in [-0.25, -0.2) is 4.98 Å². The van der Waals surface area contributed by atoms with Crippen LogP contribution in [0.25, 0.3) is 11.5 Å². The van der Waals surface area contributed by atoms with Crippen LogP contribution in [0, 0.1) is 0 Å². The molecule has 0 saturated heterocycles. The Morgan fingerprint density at radius 1 is 1.36 bits per heavy atom. The maximum Gasteiger partial charge on any atom is 0.181 e. The fourth-order valence-electron chi connectivity index (χ4n) is 1.24. The normalized spacial score (nSPS) is 10.4. The number of aromatic nitrogens is 2. The zero-order chi connectivity index (χ0) is 9.97. The van der Waals surface area contributed by atoms with Crippen molar-refractivity contribution in [1.29, 1.82) is 0 Å². The Balaban J connectivity index is 2.44. The third kappa shape index (κ3) is 1.70. The van der Waals surface area contributed by atoms with Gasteiger partial charge in [0, 0.05) is 10.7 Å². The van der Waals surface area contributed by atoms with Gasteiger partial charge in [-0.3, -0.25) is 4.98 Å². The zero-order valence-corrected chi connectivity index (χ0v) is 9.28. The van der Waals surface area contributed by atoms with Crippen LogP contribution in [0.15, 0.2) is 33.6 Å². The summed E-state index contributed by atoms with van der Waals surface area (Å²) in [5.74, 6) is 0.764. The van der Waals surface area contributed by atoms with E-state index in [0.29, 0.717) is 0 Å². The summed E-state index contributed by atoms with van der Waals surface area (Å²) in [4.78, 5) is 8.36. The van der Waals surface area contributed by atoms with Crippen molar-refractivity contribution in [2.75, 3.05) is 0 Å². The van der Waals surface area contributed by atoms with Crippen LogP contribution >= 0.6 is 15.9 Å². The first kappa shape index (κ1) is 9.40. The number of hydrogen-bond acceptors (Lipinski definition) is 3. The van der Waals surface area contributed by atoms with Crippen molar-refractivity contribution in [3.05, 3.63) is 34.9 Å². The van der Waals surface area contributed by atoms with E-state index in [2.05, 4.69) is 25.9 Å². The van der Waals surface area contributed by atoms with Gasteiger partial charge >= 0.3 is 0 Å². The van der Waals surface area contributed by atoms with Crippen LogP contribution in [0.3, 0.4) is 0 Å². The Labute approximate surface area is 90.3 Å². The first-order valence-electron chi connectivity index (χ1n) is 4.35. The Morgan fingerprint density at radius 3 is 2.86 bits per heavy atom.